The number of benzene rings is 3. The second-order valence-electron chi connectivity index (χ2n) is 7.22. The monoisotopic (exact) mass is 434 g/mol. The van der Waals surface area contributed by atoms with Crippen LogP contribution in [0.2, 0.25) is 0 Å². The molecule has 0 saturated carbocycles. The van der Waals surface area contributed by atoms with Gasteiger partial charge in [0.05, 0.1) is 0 Å². The average molecular weight is 435 g/mol. The van der Waals surface area contributed by atoms with Crippen LogP contribution in [0.25, 0.3) is 0 Å². The number of anilines is 1. The van der Waals surface area contributed by atoms with E-state index in [2.05, 4.69) is 22.8 Å². The van der Waals surface area contributed by atoms with Crippen molar-refractivity contribution >= 4 is 28.9 Å². The molecule has 0 aliphatic heterocycles. The maximum Gasteiger partial charge on any atom is 0.257 e. The van der Waals surface area contributed by atoms with E-state index >= 15 is 0 Å². The zero-order chi connectivity index (χ0) is 22.2. The fourth-order valence-electron chi connectivity index (χ4n) is 3.24. The van der Waals surface area contributed by atoms with Gasteiger partial charge >= 0.3 is 0 Å². The molecule has 3 aromatic rings. The van der Waals surface area contributed by atoms with Crippen LogP contribution >= 0.6 is 12.2 Å². The maximum atomic E-state index is 12.5. The molecule has 31 heavy (non-hydrogen) atoms. The largest absolute Gasteiger partial charge is 0.490 e. The quantitative estimate of drug-likeness (QED) is 0.396. The van der Waals surface area contributed by atoms with Gasteiger partial charge in [-0.25, -0.2) is 0 Å². The second-order valence-corrected chi connectivity index (χ2v) is 7.62. The molecule has 3 rings (SSSR count). The fraction of sp³-hybridized carbons (Fsp3) is 0.200. The lowest BCUT2D eigenvalue weighted by Gasteiger charge is -2.15. The summed E-state index contributed by atoms with van der Waals surface area (Å²) in [7, 11) is 0. The summed E-state index contributed by atoms with van der Waals surface area (Å²) < 4.78 is 11.3. The predicted molar refractivity (Wildman–Crippen MR) is 128 cm³/mol. The molecular formula is C25H26N2O3S. The highest BCUT2D eigenvalue weighted by Gasteiger charge is 2.11. The van der Waals surface area contributed by atoms with Crippen LogP contribution < -0.4 is 20.1 Å². The third kappa shape index (κ3) is 6.55. The molecule has 6 heteroatoms. The number of hydrogen-bond donors (Lipinski definition) is 2. The molecule has 5 nitrogen and oxygen atoms in total. The highest BCUT2D eigenvalue weighted by molar-refractivity contribution is 7.80. The summed E-state index contributed by atoms with van der Waals surface area (Å²) >= 11 is 5.32. The Morgan fingerprint density at radius 1 is 0.839 bits per heavy atom. The van der Waals surface area contributed by atoms with Gasteiger partial charge in [-0.15, -0.1) is 0 Å². The molecule has 0 heterocycles. The van der Waals surface area contributed by atoms with E-state index in [0.29, 0.717) is 24.5 Å². The lowest BCUT2D eigenvalue weighted by atomic mass is 10.1. The van der Waals surface area contributed by atoms with E-state index in [9.17, 15) is 4.79 Å². The Morgan fingerprint density at radius 2 is 1.39 bits per heavy atom. The SMILES string of the molecule is Cc1cc(C)c(NC(=S)NC(=O)c2ccc(OCCOc3ccccc3)cc2)c(C)c1. The highest BCUT2D eigenvalue weighted by Crippen LogP contribution is 2.22. The minimum absolute atomic E-state index is 0.262. The normalized spacial score (nSPS) is 10.3. The molecule has 0 aromatic heterocycles. The fourth-order valence-corrected chi connectivity index (χ4v) is 3.43. The van der Waals surface area contributed by atoms with Crippen molar-refractivity contribution in [2.24, 2.45) is 0 Å². The Morgan fingerprint density at radius 3 is 1.97 bits per heavy atom. The molecule has 0 radical (unpaired) electrons. The van der Waals surface area contributed by atoms with Crippen LogP contribution in [0, 0.1) is 20.8 Å². The molecule has 0 bridgehead atoms. The van der Waals surface area contributed by atoms with Crippen molar-refractivity contribution in [3.05, 3.63) is 89.0 Å². The molecule has 0 aliphatic carbocycles. The van der Waals surface area contributed by atoms with Gasteiger partial charge in [0, 0.05) is 11.3 Å². The molecule has 2 N–H and O–H groups in total. The first-order valence-corrected chi connectivity index (χ1v) is 10.4. The number of carbonyl (C=O) groups excluding carboxylic acids is 1. The molecule has 0 fully saturated rings. The molecule has 3 aromatic carbocycles. The van der Waals surface area contributed by atoms with Crippen LogP contribution in [0.15, 0.2) is 66.7 Å². The van der Waals surface area contributed by atoms with Crippen molar-refractivity contribution in [2.75, 3.05) is 18.5 Å². The molecule has 0 spiro atoms. The van der Waals surface area contributed by atoms with E-state index in [0.717, 1.165) is 22.6 Å². The summed E-state index contributed by atoms with van der Waals surface area (Å²) in [5.74, 6) is 1.19. The minimum atomic E-state index is -0.279. The van der Waals surface area contributed by atoms with Gasteiger partial charge in [-0.05, 0) is 80.5 Å². The lowest BCUT2D eigenvalue weighted by Crippen LogP contribution is -2.34. The predicted octanol–water partition coefficient (Wildman–Crippen LogP) is 5.20. The van der Waals surface area contributed by atoms with Crippen molar-refractivity contribution in [2.45, 2.75) is 20.8 Å². The first-order valence-electron chi connectivity index (χ1n) is 10.0. The Kier molecular flexibility index (Phi) is 7.62. The number of nitrogens with one attached hydrogen (secondary N) is 2. The van der Waals surface area contributed by atoms with Crippen molar-refractivity contribution in [1.29, 1.82) is 0 Å². The number of hydrogen-bond acceptors (Lipinski definition) is 4. The number of rotatable bonds is 7. The second kappa shape index (κ2) is 10.6. The number of ether oxygens (including phenoxy) is 2. The summed E-state index contributed by atoms with van der Waals surface area (Å²) in [6.45, 7) is 6.91. The molecular weight excluding hydrogens is 408 g/mol. The lowest BCUT2D eigenvalue weighted by molar-refractivity contribution is 0.0977. The molecule has 1 amide bonds. The van der Waals surface area contributed by atoms with Crippen molar-refractivity contribution in [3.8, 4) is 11.5 Å². The van der Waals surface area contributed by atoms with Crippen molar-refractivity contribution in [1.82, 2.24) is 5.32 Å². The average Bonchev–Trinajstić information content (AvgIpc) is 2.75. The zero-order valence-corrected chi connectivity index (χ0v) is 18.7. The summed E-state index contributed by atoms with van der Waals surface area (Å²) in [6.07, 6.45) is 0. The molecule has 160 valence electrons. The van der Waals surface area contributed by atoms with Crippen LogP contribution in [0.3, 0.4) is 0 Å². The molecule has 0 saturated heterocycles. The molecule has 0 aliphatic rings. The van der Waals surface area contributed by atoms with Gasteiger partial charge in [0.2, 0.25) is 0 Å². The summed E-state index contributed by atoms with van der Waals surface area (Å²) in [6, 6.07) is 20.6. The third-order valence-electron chi connectivity index (χ3n) is 4.62. The molecule has 0 atom stereocenters. The van der Waals surface area contributed by atoms with E-state index in [1.165, 1.54) is 5.56 Å². The summed E-state index contributed by atoms with van der Waals surface area (Å²) in [4.78, 5) is 12.5. The van der Waals surface area contributed by atoms with Gasteiger partial charge in [-0.2, -0.15) is 0 Å². The maximum absolute atomic E-state index is 12.5. The number of thiocarbonyl (C=S) groups is 1. The first kappa shape index (κ1) is 22.3. The third-order valence-corrected chi connectivity index (χ3v) is 4.83. The van der Waals surface area contributed by atoms with E-state index < -0.39 is 0 Å². The number of amides is 1. The van der Waals surface area contributed by atoms with Crippen LogP contribution in [0.1, 0.15) is 27.0 Å². The van der Waals surface area contributed by atoms with E-state index in [-0.39, 0.29) is 11.0 Å². The van der Waals surface area contributed by atoms with Gasteiger partial charge < -0.3 is 14.8 Å². The zero-order valence-electron chi connectivity index (χ0n) is 17.9. The first-order chi connectivity index (χ1) is 14.9. The smallest absolute Gasteiger partial charge is 0.257 e. The van der Waals surface area contributed by atoms with E-state index in [1.54, 1.807) is 24.3 Å². The van der Waals surface area contributed by atoms with Gasteiger partial charge in [0.25, 0.3) is 5.91 Å². The number of carbonyl (C=O) groups is 1. The number of para-hydroxylation sites is 1. The Labute approximate surface area is 188 Å². The van der Waals surface area contributed by atoms with E-state index in [4.69, 9.17) is 21.7 Å². The van der Waals surface area contributed by atoms with Gasteiger partial charge in [0.1, 0.15) is 24.7 Å². The van der Waals surface area contributed by atoms with Gasteiger partial charge in [-0.1, -0.05) is 35.9 Å². The van der Waals surface area contributed by atoms with Crippen LogP contribution in [0.4, 0.5) is 5.69 Å². The van der Waals surface area contributed by atoms with Gasteiger partial charge in [-0.3, -0.25) is 10.1 Å². The van der Waals surface area contributed by atoms with Crippen molar-refractivity contribution in [3.63, 3.8) is 0 Å². The standard InChI is InChI=1S/C25H26N2O3S/c1-17-15-18(2)23(19(3)16-17)26-25(31)27-24(28)20-9-11-22(12-10-20)30-14-13-29-21-7-5-4-6-8-21/h4-12,15-16H,13-14H2,1-3H3,(H2,26,27,28,31). The number of aryl methyl sites for hydroxylation is 3. The summed E-state index contributed by atoms with van der Waals surface area (Å²) in [5.41, 5.74) is 4.75. The van der Waals surface area contributed by atoms with Crippen LogP contribution in [0.5, 0.6) is 11.5 Å². The highest BCUT2D eigenvalue weighted by atomic mass is 32.1. The van der Waals surface area contributed by atoms with Gasteiger partial charge in [0.15, 0.2) is 5.11 Å². The van der Waals surface area contributed by atoms with Crippen LogP contribution in [-0.4, -0.2) is 24.2 Å². The van der Waals surface area contributed by atoms with Crippen molar-refractivity contribution < 1.29 is 14.3 Å². The topological polar surface area (TPSA) is 59.6 Å². The van der Waals surface area contributed by atoms with E-state index in [1.807, 2.05) is 51.1 Å². The Hall–Kier alpha value is -3.38. The summed E-state index contributed by atoms with van der Waals surface area (Å²) in [5, 5.41) is 6.11. The Balaban J connectivity index is 1.48. The van der Waals surface area contributed by atoms with Crippen LogP contribution in [-0.2, 0) is 0 Å². The molecule has 0 unspecified atom stereocenters. The Bertz CT molecular complexity index is 1030. The minimum Gasteiger partial charge on any atom is -0.490 e.